The zero-order valence-corrected chi connectivity index (χ0v) is 15.9. The van der Waals surface area contributed by atoms with E-state index in [4.69, 9.17) is 0 Å². The van der Waals surface area contributed by atoms with Crippen LogP contribution in [-0.4, -0.2) is 36.7 Å². The fourth-order valence-electron chi connectivity index (χ4n) is 2.87. The van der Waals surface area contributed by atoms with Crippen LogP contribution in [0.1, 0.15) is 35.8 Å². The van der Waals surface area contributed by atoms with Crippen LogP contribution in [0.2, 0.25) is 0 Å². The van der Waals surface area contributed by atoms with Crippen LogP contribution in [0.25, 0.3) is 0 Å². The topological polar surface area (TPSA) is 79.4 Å². The van der Waals surface area contributed by atoms with Crippen molar-refractivity contribution in [2.45, 2.75) is 31.6 Å². The smallest absolute Gasteiger partial charge is 0.257 e. The molecule has 0 radical (unpaired) electrons. The van der Waals surface area contributed by atoms with Crippen molar-refractivity contribution in [3.05, 3.63) is 40.9 Å². The average molecular weight is 380 g/mol. The highest BCUT2D eigenvalue weighted by atomic mass is 32.2. The lowest BCUT2D eigenvalue weighted by Crippen LogP contribution is -2.39. The van der Waals surface area contributed by atoms with E-state index in [2.05, 4.69) is 17.2 Å². The van der Waals surface area contributed by atoms with Crippen molar-refractivity contribution < 1.29 is 13.2 Å². The standard InChI is InChI=1S/C17H21N3O3S2/c1-12-4-3-9-20(10-12)25(22,23)15-7-5-14(6-8-15)16(21)19-17-18-13(2)11-24-17/h5-8,11-12H,3-4,9-10H2,1-2H3,(H,18,19,21)/t12-/m0/s1. The number of nitrogens with one attached hydrogen (secondary N) is 1. The minimum atomic E-state index is -3.50. The number of benzene rings is 1. The number of carbonyl (C=O) groups excluding carboxylic acids is 1. The number of amides is 1. The number of aryl methyl sites for hydroxylation is 1. The molecule has 1 amide bonds. The highest BCUT2D eigenvalue weighted by Gasteiger charge is 2.28. The van der Waals surface area contributed by atoms with Gasteiger partial charge in [-0.25, -0.2) is 13.4 Å². The van der Waals surface area contributed by atoms with Gasteiger partial charge in [-0.3, -0.25) is 10.1 Å². The Kier molecular flexibility index (Phi) is 5.21. The van der Waals surface area contributed by atoms with Gasteiger partial charge < -0.3 is 0 Å². The Morgan fingerprint density at radius 3 is 2.64 bits per heavy atom. The van der Waals surface area contributed by atoms with Gasteiger partial charge in [0.25, 0.3) is 5.91 Å². The molecule has 1 fully saturated rings. The third kappa shape index (κ3) is 4.08. The first-order valence-electron chi connectivity index (χ1n) is 8.20. The number of hydrogen-bond donors (Lipinski definition) is 1. The quantitative estimate of drug-likeness (QED) is 0.885. The normalized spacial score (nSPS) is 18.9. The lowest BCUT2D eigenvalue weighted by atomic mass is 10.0. The molecule has 1 N–H and O–H groups in total. The van der Waals surface area contributed by atoms with Gasteiger partial charge in [0, 0.05) is 24.0 Å². The minimum absolute atomic E-state index is 0.225. The summed E-state index contributed by atoms with van der Waals surface area (Å²) in [5.41, 5.74) is 1.25. The van der Waals surface area contributed by atoms with Gasteiger partial charge in [0.15, 0.2) is 5.13 Å². The van der Waals surface area contributed by atoms with Crippen molar-refractivity contribution in [1.29, 1.82) is 0 Å². The Labute approximate surface area is 151 Å². The Morgan fingerprint density at radius 2 is 2.04 bits per heavy atom. The molecule has 2 aromatic rings. The van der Waals surface area contributed by atoms with Crippen LogP contribution in [0.4, 0.5) is 5.13 Å². The maximum atomic E-state index is 12.7. The largest absolute Gasteiger partial charge is 0.298 e. The third-order valence-electron chi connectivity index (χ3n) is 4.21. The fraction of sp³-hybridized carbons (Fsp3) is 0.412. The van der Waals surface area contributed by atoms with Gasteiger partial charge in [-0.1, -0.05) is 6.92 Å². The SMILES string of the molecule is Cc1csc(NC(=O)c2ccc(S(=O)(=O)N3CCC[C@H](C)C3)cc2)n1. The first-order chi connectivity index (χ1) is 11.9. The second-order valence-corrected chi connectivity index (χ2v) is 9.18. The van der Waals surface area contributed by atoms with Crippen molar-refractivity contribution in [1.82, 2.24) is 9.29 Å². The second kappa shape index (κ2) is 7.23. The summed E-state index contributed by atoms with van der Waals surface area (Å²) in [5.74, 6) is 0.0696. The van der Waals surface area contributed by atoms with Gasteiger partial charge in [0.2, 0.25) is 10.0 Å². The minimum Gasteiger partial charge on any atom is -0.298 e. The molecule has 3 rings (SSSR count). The Morgan fingerprint density at radius 1 is 1.32 bits per heavy atom. The highest BCUT2D eigenvalue weighted by molar-refractivity contribution is 7.89. The maximum Gasteiger partial charge on any atom is 0.257 e. The van der Waals surface area contributed by atoms with Crippen LogP contribution in [0.5, 0.6) is 0 Å². The van der Waals surface area contributed by atoms with E-state index in [1.807, 2.05) is 12.3 Å². The first-order valence-corrected chi connectivity index (χ1v) is 10.5. The molecule has 25 heavy (non-hydrogen) atoms. The monoisotopic (exact) mass is 379 g/mol. The molecule has 0 aliphatic carbocycles. The van der Waals surface area contributed by atoms with E-state index in [0.29, 0.717) is 29.7 Å². The fourth-order valence-corrected chi connectivity index (χ4v) is 5.15. The van der Waals surface area contributed by atoms with Gasteiger partial charge in [-0.2, -0.15) is 4.31 Å². The summed E-state index contributed by atoms with van der Waals surface area (Å²) in [6.07, 6.45) is 1.94. The van der Waals surface area contributed by atoms with E-state index >= 15 is 0 Å². The van der Waals surface area contributed by atoms with E-state index in [1.165, 1.54) is 39.9 Å². The summed E-state index contributed by atoms with van der Waals surface area (Å²) in [6, 6.07) is 6.07. The van der Waals surface area contributed by atoms with Crippen molar-refractivity contribution in [2.75, 3.05) is 18.4 Å². The van der Waals surface area contributed by atoms with Gasteiger partial charge in [-0.05, 0) is 49.9 Å². The Hall–Kier alpha value is -1.77. The summed E-state index contributed by atoms with van der Waals surface area (Å²) in [5, 5.41) is 5.10. The van der Waals surface area contributed by atoms with Crippen molar-refractivity contribution >= 4 is 32.4 Å². The predicted molar refractivity (Wildman–Crippen MR) is 98.4 cm³/mol. The molecule has 0 bridgehead atoms. The summed E-state index contributed by atoms with van der Waals surface area (Å²) in [6.45, 7) is 5.02. The van der Waals surface area contributed by atoms with Gasteiger partial charge in [0.1, 0.15) is 0 Å². The molecule has 8 heteroatoms. The van der Waals surface area contributed by atoms with Gasteiger partial charge in [-0.15, -0.1) is 11.3 Å². The Balaban J connectivity index is 1.74. The molecule has 1 aliphatic heterocycles. The molecule has 1 saturated heterocycles. The number of thiazole rings is 1. The lowest BCUT2D eigenvalue weighted by Gasteiger charge is -2.30. The summed E-state index contributed by atoms with van der Waals surface area (Å²) in [4.78, 5) is 16.6. The lowest BCUT2D eigenvalue weighted by molar-refractivity contribution is 0.102. The number of anilines is 1. The molecule has 2 heterocycles. The zero-order valence-electron chi connectivity index (χ0n) is 14.2. The second-order valence-electron chi connectivity index (χ2n) is 6.38. The van der Waals surface area contributed by atoms with E-state index in [0.717, 1.165) is 18.5 Å². The molecule has 6 nitrogen and oxygen atoms in total. The molecule has 0 unspecified atom stereocenters. The predicted octanol–water partition coefficient (Wildman–Crippen LogP) is 3.12. The van der Waals surface area contributed by atoms with Crippen molar-refractivity contribution in [3.8, 4) is 0 Å². The van der Waals surface area contributed by atoms with Crippen molar-refractivity contribution in [2.24, 2.45) is 5.92 Å². The van der Waals surface area contributed by atoms with Gasteiger partial charge >= 0.3 is 0 Å². The molecule has 134 valence electrons. The molecule has 1 atom stereocenters. The van der Waals surface area contributed by atoms with Crippen LogP contribution in [-0.2, 0) is 10.0 Å². The highest BCUT2D eigenvalue weighted by Crippen LogP contribution is 2.24. The summed E-state index contributed by atoms with van der Waals surface area (Å²) >= 11 is 1.35. The molecule has 1 aliphatic rings. The maximum absolute atomic E-state index is 12.7. The molecular formula is C17H21N3O3S2. The molecule has 0 saturated carbocycles. The molecular weight excluding hydrogens is 358 g/mol. The van der Waals surface area contributed by atoms with E-state index in [1.54, 1.807) is 0 Å². The first kappa shape index (κ1) is 18.0. The number of rotatable bonds is 4. The van der Waals surface area contributed by atoms with E-state index in [-0.39, 0.29) is 10.8 Å². The molecule has 1 aromatic heterocycles. The number of sulfonamides is 1. The zero-order chi connectivity index (χ0) is 18.0. The summed E-state index contributed by atoms with van der Waals surface area (Å²) < 4.78 is 27.0. The number of carbonyl (C=O) groups is 1. The Bertz CT molecular complexity index is 860. The van der Waals surface area contributed by atoms with Gasteiger partial charge in [0.05, 0.1) is 10.6 Å². The summed E-state index contributed by atoms with van der Waals surface area (Å²) in [7, 11) is -3.50. The number of hydrogen-bond acceptors (Lipinski definition) is 5. The van der Waals surface area contributed by atoms with E-state index in [9.17, 15) is 13.2 Å². The molecule has 1 aromatic carbocycles. The average Bonchev–Trinajstić information content (AvgIpc) is 3.00. The van der Waals surface area contributed by atoms with E-state index < -0.39 is 10.0 Å². The third-order valence-corrected chi connectivity index (χ3v) is 6.97. The van der Waals surface area contributed by atoms with Crippen LogP contribution < -0.4 is 5.32 Å². The molecule has 0 spiro atoms. The number of aromatic nitrogens is 1. The van der Waals surface area contributed by atoms with Crippen LogP contribution >= 0.6 is 11.3 Å². The number of nitrogens with zero attached hydrogens (tertiary/aromatic N) is 2. The van der Waals surface area contributed by atoms with Crippen LogP contribution in [0.15, 0.2) is 34.5 Å². The van der Waals surface area contributed by atoms with Crippen molar-refractivity contribution in [3.63, 3.8) is 0 Å². The number of piperidine rings is 1. The van der Waals surface area contributed by atoms with Crippen LogP contribution in [0.3, 0.4) is 0 Å². The van der Waals surface area contributed by atoms with Crippen LogP contribution in [0, 0.1) is 12.8 Å².